The highest BCUT2D eigenvalue weighted by Crippen LogP contribution is 2.27. The van der Waals surface area contributed by atoms with Crippen LogP contribution >= 0.6 is 0 Å². The van der Waals surface area contributed by atoms with Gasteiger partial charge in [0.2, 0.25) is 0 Å². The Balaban J connectivity index is 2.49. The van der Waals surface area contributed by atoms with Gasteiger partial charge in [-0.2, -0.15) is 0 Å². The summed E-state index contributed by atoms with van der Waals surface area (Å²) >= 11 is 0. The van der Waals surface area contributed by atoms with E-state index in [9.17, 15) is 0 Å². The Morgan fingerprint density at radius 3 is 1.00 bits per heavy atom. The van der Waals surface area contributed by atoms with Crippen molar-refractivity contribution in [3.8, 4) is 0 Å². The molecule has 0 amide bonds. The summed E-state index contributed by atoms with van der Waals surface area (Å²) in [4.78, 5) is 0. The fourth-order valence-corrected chi connectivity index (χ4v) is 1.81. The summed E-state index contributed by atoms with van der Waals surface area (Å²) in [6, 6.07) is -6.54. The van der Waals surface area contributed by atoms with Crippen LogP contribution in [-0.4, -0.2) is 0 Å². The summed E-state index contributed by atoms with van der Waals surface area (Å²) in [7, 11) is 0. The highest BCUT2D eigenvalue weighted by atomic mass is 14.0. The second-order valence-corrected chi connectivity index (χ2v) is 3.75. The van der Waals surface area contributed by atoms with Crippen LogP contribution in [0.1, 0.15) is 16.4 Å². The quantitative estimate of drug-likeness (QED) is 0.373. The third-order valence-corrected chi connectivity index (χ3v) is 2.62. The molecule has 4 aromatic carbocycles. The average Bonchev–Trinajstić information content (AvgIpc) is 2.70. The molecule has 0 aliphatic rings. The first-order valence-corrected chi connectivity index (χ1v) is 5.25. The molecule has 4 aromatic rings. The normalized spacial score (nSPS) is 20.7. The molecule has 0 saturated carbocycles. The van der Waals surface area contributed by atoms with Gasteiger partial charge in [-0.1, -0.05) is 48.3 Å². The van der Waals surface area contributed by atoms with Crippen molar-refractivity contribution in [1.82, 2.24) is 0 Å². The molecule has 84 valence electrons. The lowest BCUT2D eigenvalue weighted by Gasteiger charge is -2.04. The summed E-state index contributed by atoms with van der Waals surface area (Å²) in [6.45, 7) is 0. The molecule has 0 radical (unpaired) electrons. The predicted molar refractivity (Wildman–Crippen MR) is 79.0 cm³/mol. The van der Waals surface area contributed by atoms with Crippen molar-refractivity contribution >= 4 is 32.3 Å². The Morgan fingerprint density at radius 2 is 0.722 bits per heavy atom. The van der Waals surface area contributed by atoms with Gasteiger partial charge in [-0.25, -0.2) is 0 Å². The molecule has 0 heteroatoms. The second-order valence-electron chi connectivity index (χ2n) is 3.75. The third kappa shape index (κ3) is 1.39. The zero-order chi connectivity index (χ0) is 22.4. The van der Waals surface area contributed by atoms with Crippen LogP contribution in [0.25, 0.3) is 32.3 Å². The van der Waals surface area contributed by atoms with Gasteiger partial charge >= 0.3 is 0 Å². The first-order chi connectivity index (χ1) is 13.9. The fourth-order valence-electron chi connectivity index (χ4n) is 1.81. The van der Waals surface area contributed by atoms with E-state index < -0.39 is 72.5 Å². The van der Waals surface area contributed by atoms with Crippen LogP contribution in [0.4, 0.5) is 0 Å². The van der Waals surface area contributed by atoms with Crippen molar-refractivity contribution in [2.45, 2.75) is 0 Å². The molecule has 0 heterocycles. The molecule has 4 rings (SSSR count). The standard InChI is InChI=1S/C18H12/c1-2-6-14-10-18-12-16-8-4-3-7-15(16)11-17(18)9-13(14)5-1/h1-12H/i1D,2D,3D,4D,5D,6D,7D,8D,9D,10D,11D,12D. The molecule has 0 spiro atoms. The molecular weight excluding hydrogens is 216 g/mol. The first kappa shape index (κ1) is 3.58. The second kappa shape index (κ2) is 3.58. The number of benzene rings is 4. The van der Waals surface area contributed by atoms with Crippen LogP contribution < -0.4 is 0 Å². The monoisotopic (exact) mass is 240 g/mol. The highest BCUT2D eigenvalue weighted by molar-refractivity contribution is 6.04. The average molecular weight is 240 g/mol. The van der Waals surface area contributed by atoms with E-state index in [-0.39, 0.29) is 32.3 Å². The SMILES string of the molecule is [2H]c1c([2H])c([2H])c2c([2H])c3c([2H])c4c([2H])c([2H])c([2H])c([2H])c4c([2H])c3c([2H])c2c1[2H]. The minimum atomic E-state index is -0.597. The number of rotatable bonds is 0. The third-order valence-electron chi connectivity index (χ3n) is 2.62. The molecule has 0 aromatic heterocycles. The van der Waals surface area contributed by atoms with Crippen molar-refractivity contribution in [2.24, 2.45) is 0 Å². The zero-order valence-corrected chi connectivity index (χ0v) is 9.00. The van der Waals surface area contributed by atoms with E-state index in [2.05, 4.69) is 0 Å². The van der Waals surface area contributed by atoms with Crippen molar-refractivity contribution in [3.05, 3.63) is 72.5 Å². The van der Waals surface area contributed by atoms with Crippen LogP contribution in [0.15, 0.2) is 72.5 Å². The molecule has 0 aliphatic carbocycles. The van der Waals surface area contributed by atoms with Gasteiger partial charge in [-0.15, -0.1) is 0 Å². The van der Waals surface area contributed by atoms with Gasteiger partial charge in [0.05, 0.1) is 16.4 Å². The first-order valence-electron chi connectivity index (χ1n) is 11.2. The van der Waals surface area contributed by atoms with Gasteiger partial charge in [0, 0.05) is 0 Å². The van der Waals surface area contributed by atoms with Gasteiger partial charge in [0.15, 0.2) is 0 Å². The molecule has 0 nitrogen and oxygen atoms in total. The predicted octanol–water partition coefficient (Wildman–Crippen LogP) is 5.15. The van der Waals surface area contributed by atoms with Crippen molar-refractivity contribution in [2.75, 3.05) is 0 Å². The van der Waals surface area contributed by atoms with Crippen molar-refractivity contribution in [3.63, 3.8) is 0 Å². The summed E-state index contributed by atoms with van der Waals surface area (Å²) in [5.74, 6) is 0. The van der Waals surface area contributed by atoms with E-state index in [0.29, 0.717) is 0 Å². The van der Waals surface area contributed by atoms with Crippen LogP contribution in [0.5, 0.6) is 0 Å². The molecule has 18 heavy (non-hydrogen) atoms. The molecular formula is C18H12. The molecule has 0 saturated heterocycles. The molecule has 0 atom stereocenters. The van der Waals surface area contributed by atoms with E-state index in [0.717, 1.165) is 0 Å². The Morgan fingerprint density at radius 1 is 0.444 bits per heavy atom. The lowest BCUT2D eigenvalue weighted by atomic mass is 10.00. The summed E-state index contributed by atoms with van der Waals surface area (Å²) < 4.78 is 98.2. The molecule has 0 bridgehead atoms. The summed E-state index contributed by atoms with van der Waals surface area (Å²) in [6.07, 6.45) is 0. The Kier molecular flexibility index (Phi) is 0.711. The lowest BCUT2D eigenvalue weighted by Crippen LogP contribution is -1.78. The maximum absolute atomic E-state index is 8.54. The van der Waals surface area contributed by atoms with Gasteiger partial charge < -0.3 is 0 Å². The minimum absolute atomic E-state index is 0.264. The molecule has 0 unspecified atom stereocenters. The summed E-state index contributed by atoms with van der Waals surface area (Å²) in [5, 5.41) is -1.61. The van der Waals surface area contributed by atoms with E-state index in [1.54, 1.807) is 0 Å². The Hall–Kier alpha value is -2.34. The number of hydrogen-bond donors (Lipinski definition) is 0. The molecule has 0 fully saturated rings. The smallest absolute Gasteiger partial charge is 0.0616 e. The van der Waals surface area contributed by atoms with E-state index >= 15 is 0 Å². The van der Waals surface area contributed by atoms with Gasteiger partial charge in [0.25, 0.3) is 0 Å². The maximum Gasteiger partial charge on any atom is 0.0636 e. The zero-order valence-electron chi connectivity index (χ0n) is 21.0. The lowest BCUT2D eigenvalue weighted by molar-refractivity contribution is 1.77. The highest BCUT2D eigenvalue weighted by Gasteiger charge is 2.00. The topological polar surface area (TPSA) is 0 Å². The van der Waals surface area contributed by atoms with Crippen LogP contribution in [0, 0.1) is 0 Å². The van der Waals surface area contributed by atoms with Crippen LogP contribution in [-0.2, 0) is 0 Å². The number of fused-ring (bicyclic) bond motifs is 3. The minimum Gasteiger partial charge on any atom is -0.0616 e. The fraction of sp³-hybridized carbons (Fsp3) is 0. The summed E-state index contributed by atoms with van der Waals surface area (Å²) in [5.41, 5.74) is 0. The number of hydrogen-bond acceptors (Lipinski definition) is 0. The maximum atomic E-state index is 8.54. The van der Waals surface area contributed by atoms with E-state index in [1.807, 2.05) is 0 Å². The Labute approximate surface area is 122 Å². The molecule has 0 aliphatic heterocycles. The van der Waals surface area contributed by atoms with Gasteiger partial charge in [0.1, 0.15) is 0 Å². The van der Waals surface area contributed by atoms with Gasteiger partial charge in [-0.05, 0) is 56.5 Å². The van der Waals surface area contributed by atoms with Crippen LogP contribution in [0.3, 0.4) is 0 Å². The molecule has 0 N–H and O–H groups in total. The largest absolute Gasteiger partial charge is 0.0636 e. The van der Waals surface area contributed by atoms with Gasteiger partial charge in [-0.3, -0.25) is 0 Å². The van der Waals surface area contributed by atoms with Crippen LogP contribution in [0.2, 0.25) is 0 Å². The Bertz CT molecular complexity index is 1240. The van der Waals surface area contributed by atoms with Crippen molar-refractivity contribution in [1.29, 1.82) is 0 Å². The van der Waals surface area contributed by atoms with Crippen molar-refractivity contribution < 1.29 is 16.4 Å². The van der Waals surface area contributed by atoms with E-state index in [4.69, 9.17) is 16.4 Å². The van der Waals surface area contributed by atoms with E-state index in [1.165, 1.54) is 0 Å².